The zero-order chi connectivity index (χ0) is 16.5. The second-order valence-electron chi connectivity index (χ2n) is 6.63. The maximum atomic E-state index is 12.4. The van der Waals surface area contributed by atoms with Gasteiger partial charge in [0.2, 0.25) is 0 Å². The molecule has 2 aliphatic rings. The van der Waals surface area contributed by atoms with Crippen molar-refractivity contribution in [2.75, 3.05) is 13.1 Å². The van der Waals surface area contributed by atoms with Crippen LogP contribution in [0.2, 0.25) is 0 Å². The molecule has 2 aromatic rings. The molecule has 2 aromatic heterocycles. The van der Waals surface area contributed by atoms with Crippen LogP contribution < -0.4 is 5.32 Å². The molecule has 4 rings (SSSR count). The van der Waals surface area contributed by atoms with Crippen LogP contribution in [0.4, 0.5) is 4.79 Å². The number of nitrogens with zero attached hydrogens (tertiary/aromatic N) is 6. The summed E-state index contributed by atoms with van der Waals surface area (Å²) in [6.45, 7) is 1.76. The smallest absolute Gasteiger partial charge is 0.317 e. The summed E-state index contributed by atoms with van der Waals surface area (Å²) in [5.41, 5.74) is 0. The molecule has 2 N–H and O–H groups in total. The van der Waals surface area contributed by atoms with Crippen molar-refractivity contribution in [1.29, 1.82) is 0 Å². The van der Waals surface area contributed by atoms with E-state index in [9.17, 15) is 4.79 Å². The fourth-order valence-electron chi connectivity index (χ4n) is 3.11. The summed E-state index contributed by atoms with van der Waals surface area (Å²) in [5, 5.41) is 14.5. The van der Waals surface area contributed by atoms with E-state index in [4.69, 9.17) is 0 Å². The number of H-pyrrole nitrogens is 1. The molecule has 1 aliphatic heterocycles. The molecule has 1 aliphatic carbocycles. The molecule has 128 valence electrons. The summed E-state index contributed by atoms with van der Waals surface area (Å²) in [7, 11) is 1.81. The fraction of sp³-hybridized carbons (Fsp3) is 0.667. The molecule has 2 fully saturated rings. The SMILES string of the molecule is Cn1cnc(CNC(=O)N2CCCC(c3n[nH]c(C4CC4)n3)C2)n1. The third-order valence-corrected chi connectivity index (χ3v) is 4.60. The number of aromatic nitrogens is 6. The minimum Gasteiger partial charge on any atom is -0.331 e. The van der Waals surface area contributed by atoms with Gasteiger partial charge in [-0.2, -0.15) is 10.2 Å². The average Bonchev–Trinajstić information content (AvgIpc) is 3.18. The van der Waals surface area contributed by atoms with Gasteiger partial charge >= 0.3 is 6.03 Å². The van der Waals surface area contributed by atoms with Crippen LogP contribution in [0, 0.1) is 0 Å². The Morgan fingerprint density at radius 2 is 2.25 bits per heavy atom. The highest BCUT2D eigenvalue weighted by molar-refractivity contribution is 5.74. The van der Waals surface area contributed by atoms with Gasteiger partial charge < -0.3 is 10.2 Å². The van der Waals surface area contributed by atoms with E-state index in [1.54, 1.807) is 18.1 Å². The second kappa shape index (κ2) is 6.21. The number of rotatable bonds is 4. The first kappa shape index (κ1) is 15.1. The number of aryl methyl sites for hydroxylation is 1. The van der Waals surface area contributed by atoms with Gasteiger partial charge in [-0.15, -0.1) is 0 Å². The van der Waals surface area contributed by atoms with E-state index in [0.29, 0.717) is 24.8 Å². The normalized spacial score (nSPS) is 21.0. The van der Waals surface area contributed by atoms with Crippen LogP contribution in [0.5, 0.6) is 0 Å². The topological polar surface area (TPSA) is 105 Å². The van der Waals surface area contributed by atoms with Gasteiger partial charge in [-0.05, 0) is 25.7 Å². The number of carbonyl (C=O) groups is 1. The molecule has 1 atom stereocenters. The number of hydrogen-bond acceptors (Lipinski definition) is 5. The van der Waals surface area contributed by atoms with Crippen molar-refractivity contribution in [1.82, 2.24) is 40.2 Å². The van der Waals surface area contributed by atoms with Crippen molar-refractivity contribution in [2.24, 2.45) is 7.05 Å². The minimum atomic E-state index is -0.0786. The quantitative estimate of drug-likeness (QED) is 0.866. The molecule has 24 heavy (non-hydrogen) atoms. The molecule has 1 unspecified atom stereocenters. The fourth-order valence-corrected chi connectivity index (χ4v) is 3.11. The van der Waals surface area contributed by atoms with Crippen molar-refractivity contribution in [3.05, 3.63) is 23.8 Å². The van der Waals surface area contributed by atoms with Crippen LogP contribution >= 0.6 is 0 Å². The number of piperidine rings is 1. The van der Waals surface area contributed by atoms with Crippen LogP contribution in [-0.2, 0) is 13.6 Å². The Bertz CT molecular complexity index is 719. The predicted octanol–water partition coefficient (Wildman–Crippen LogP) is 0.900. The Balaban J connectivity index is 1.34. The number of likely N-dealkylation sites (tertiary alicyclic amines) is 1. The van der Waals surface area contributed by atoms with Crippen LogP contribution in [0.15, 0.2) is 6.33 Å². The molecular weight excluding hydrogens is 308 g/mol. The molecule has 1 saturated carbocycles. The molecule has 1 saturated heterocycles. The van der Waals surface area contributed by atoms with Gasteiger partial charge in [-0.25, -0.2) is 14.8 Å². The molecule has 0 aromatic carbocycles. The Morgan fingerprint density at radius 1 is 1.38 bits per heavy atom. The van der Waals surface area contributed by atoms with Gasteiger partial charge in [0.25, 0.3) is 0 Å². The van der Waals surface area contributed by atoms with Gasteiger partial charge in [0.05, 0.1) is 6.54 Å². The highest BCUT2D eigenvalue weighted by atomic mass is 16.2. The monoisotopic (exact) mass is 330 g/mol. The van der Waals surface area contributed by atoms with E-state index in [1.807, 2.05) is 4.90 Å². The summed E-state index contributed by atoms with van der Waals surface area (Å²) in [5.74, 6) is 3.25. The lowest BCUT2D eigenvalue weighted by Gasteiger charge is -2.31. The van der Waals surface area contributed by atoms with Crippen molar-refractivity contribution in [3.8, 4) is 0 Å². The first-order valence-corrected chi connectivity index (χ1v) is 8.48. The number of nitrogens with one attached hydrogen (secondary N) is 2. The first-order valence-electron chi connectivity index (χ1n) is 8.48. The molecule has 9 nitrogen and oxygen atoms in total. The van der Waals surface area contributed by atoms with Crippen LogP contribution in [-0.4, -0.2) is 54.0 Å². The molecule has 9 heteroatoms. The van der Waals surface area contributed by atoms with Crippen molar-refractivity contribution in [3.63, 3.8) is 0 Å². The van der Waals surface area contributed by atoms with E-state index < -0.39 is 0 Å². The van der Waals surface area contributed by atoms with E-state index in [0.717, 1.165) is 31.0 Å². The van der Waals surface area contributed by atoms with E-state index >= 15 is 0 Å². The Hall–Kier alpha value is -2.45. The molecule has 2 amide bonds. The van der Waals surface area contributed by atoms with Gasteiger partial charge in [0, 0.05) is 32.0 Å². The largest absolute Gasteiger partial charge is 0.331 e. The molecule has 0 radical (unpaired) electrons. The summed E-state index contributed by atoms with van der Waals surface area (Å²) in [6, 6.07) is -0.0786. The summed E-state index contributed by atoms with van der Waals surface area (Å²) in [6.07, 6.45) is 6.02. The first-order chi connectivity index (χ1) is 11.7. The van der Waals surface area contributed by atoms with Crippen LogP contribution in [0.3, 0.4) is 0 Å². The van der Waals surface area contributed by atoms with Gasteiger partial charge in [0.15, 0.2) is 11.6 Å². The van der Waals surface area contributed by atoms with Gasteiger partial charge in [0.1, 0.15) is 12.2 Å². The maximum absolute atomic E-state index is 12.4. The lowest BCUT2D eigenvalue weighted by atomic mass is 9.97. The van der Waals surface area contributed by atoms with Crippen LogP contribution in [0.1, 0.15) is 55.0 Å². The average molecular weight is 330 g/mol. The molecule has 3 heterocycles. The van der Waals surface area contributed by atoms with Crippen molar-refractivity contribution >= 4 is 6.03 Å². The van der Waals surface area contributed by atoms with Crippen molar-refractivity contribution < 1.29 is 4.79 Å². The number of urea groups is 1. The third-order valence-electron chi connectivity index (χ3n) is 4.60. The number of carbonyl (C=O) groups excluding carboxylic acids is 1. The minimum absolute atomic E-state index is 0.0786. The lowest BCUT2D eigenvalue weighted by Crippen LogP contribution is -2.45. The Labute approximate surface area is 139 Å². The van der Waals surface area contributed by atoms with Gasteiger partial charge in [-0.3, -0.25) is 9.78 Å². The predicted molar refractivity (Wildman–Crippen MR) is 85.1 cm³/mol. The third kappa shape index (κ3) is 3.24. The lowest BCUT2D eigenvalue weighted by molar-refractivity contribution is 0.177. The number of aromatic amines is 1. The van der Waals surface area contributed by atoms with E-state index in [-0.39, 0.29) is 11.9 Å². The Kier molecular flexibility index (Phi) is 3.91. The summed E-state index contributed by atoms with van der Waals surface area (Å²) >= 11 is 0. The summed E-state index contributed by atoms with van der Waals surface area (Å²) < 4.78 is 1.62. The summed E-state index contributed by atoms with van der Waals surface area (Å²) in [4.78, 5) is 23.0. The zero-order valence-electron chi connectivity index (χ0n) is 13.8. The van der Waals surface area contributed by atoms with Gasteiger partial charge in [-0.1, -0.05) is 0 Å². The second-order valence-corrected chi connectivity index (χ2v) is 6.63. The highest BCUT2D eigenvalue weighted by Crippen LogP contribution is 2.38. The van der Waals surface area contributed by atoms with E-state index in [1.165, 1.54) is 12.8 Å². The maximum Gasteiger partial charge on any atom is 0.317 e. The van der Waals surface area contributed by atoms with E-state index in [2.05, 4.69) is 30.6 Å². The van der Waals surface area contributed by atoms with Crippen LogP contribution in [0.25, 0.3) is 0 Å². The molecular formula is C15H22N8O. The zero-order valence-corrected chi connectivity index (χ0v) is 13.8. The standard InChI is InChI=1S/C15H22N8O/c1-22-9-17-12(21-22)7-16-15(24)23-6-2-3-11(8-23)14-18-13(19-20-14)10-4-5-10/h9-11H,2-8H2,1H3,(H,16,24)(H,18,19,20). The molecule has 0 spiro atoms. The number of hydrogen-bond donors (Lipinski definition) is 2. The van der Waals surface area contributed by atoms with Crippen molar-refractivity contribution in [2.45, 2.75) is 44.1 Å². The highest BCUT2D eigenvalue weighted by Gasteiger charge is 2.31. The molecule has 0 bridgehead atoms. The Morgan fingerprint density at radius 3 is 3.00 bits per heavy atom. The number of amides is 2.